The Kier molecular flexibility index (Phi) is 8.30. The van der Waals surface area contributed by atoms with E-state index in [1.165, 1.54) is 16.1 Å². The van der Waals surface area contributed by atoms with Crippen LogP contribution in [0.15, 0.2) is 58.8 Å². The normalized spacial score (nSPS) is 15.0. The number of azide groups is 1. The van der Waals surface area contributed by atoms with Gasteiger partial charge in [-0.05, 0) is 41.4 Å². The van der Waals surface area contributed by atoms with Crippen LogP contribution < -0.4 is 9.47 Å². The number of esters is 1. The zero-order valence-corrected chi connectivity index (χ0v) is 18.1. The minimum Gasteiger partial charge on any atom is -0.466 e. The molecule has 3 rings (SSSR count). The van der Waals surface area contributed by atoms with Gasteiger partial charge in [-0.25, -0.2) is 4.57 Å². The van der Waals surface area contributed by atoms with Gasteiger partial charge in [0.15, 0.2) is 12.4 Å². The number of para-hydroxylation sites is 1. The molecule has 1 aliphatic rings. The van der Waals surface area contributed by atoms with Crippen molar-refractivity contribution in [3.63, 3.8) is 0 Å². The molecule has 0 saturated heterocycles. The molecular formula is C22H28N5O2S+. The Morgan fingerprint density at radius 2 is 2.07 bits per heavy atom. The summed E-state index contributed by atoms with van der Waals surface area (Å²) in [5.41, 5.74) is 10.8. The molecule has 8 heteroatoms. The first-order valence-electron chi connectivity index (χ1n) is 10.2. The summed E-state index contributed by atoms with van der Waals surface area (Å²) in [7, 11) is 2.27. The second kappa shape index (κ2) is 11.4. The number of hydrogen-bond donors (Lipinski definition) is 0. The summed E-state index contributed by atoms with van der Waals surface area (Å²) in [5.74, 6) is 0.818. The standard InChI is InChI=1S/C22H28N5O2S/c1-26-18-30(21-8-5-4-7-20(21)26)17-19-10-14-27(15-11-19)13-6-2-3-9-22(28)29-16-12-24-25-23/h4-5,7-8,10-11,14-15,17H,2-3,6,9,12-13,16,18H2,1H3/q+1. The Morgan fingerprint density at radius 1 is 1.27 bits per heavy atom. The van der Waals surface area contributed by atoms with Crippen molar-refractivity contribution in [2.24, 2.45) is 5.11 Å². The van der Waals surface area contributed by atoms with E-state index in [9.17, 15) is 4.79 Å². The smallest absolute Gasteiger partial charge is 0.305 e. The van der Waals surface area contributed by atoms with Crippen LogP contribution in [0.3, 0.4) is 0 Å². The predicted octanol–water partition coefficient (Wildman–Crippen LogP) is 4.27. The van der Waals surface area contributed by atoms with Crippen molar-refractivity contribution in [3.05, 3.63) is 64.8 Å². The van der Waals surface area contributed by atoms with Crippen molar-refractivity contribution in [3.8, 4) is 0 Å². The van der Waals surface area contributed by atoms with Crippen LogP contribution in [0.4, 0.5) is 5.69 Å². The van der Waals surface area contributed by atoms with E-state index >= 15 is 0 Å². The van der Waals surface area contributed by atoms with Crippen molar-refractivity contribution in [2.45, 2.75) is 37.1 Å². The lowest BCUT2D eigenvalue weighted by Gasteiger charge is -2.09. The third kappa shape index (κ3) is 6.34. The Morgan fingerprint density at radius 3 is 2.87 bits per heavy atom. The quantitative estimate of drug-likeness (QED) is 0.108. The lowest BCUT2D eigenvalue weighted by molar-refractivity contribution is -0.697. The zero-order chi connectivity index (χ0) is 21.2. The third-order valence-electron chi connectivity index (χ3n) is 4.90. The van der Waals surface area contributed by atoms with Crippen LogP contribution in [0.25, 0.3) is 10.4 Å². The number of anilines is 1. The summed E-state index contributed by atoms with van der Waals surface area (Å²) in [6, 6.07) is 13.0. The number of aryl methyl sites for hydroxylation is 1. The van der Waals surface area contributed by atoms with Gasteiger partial charge >= 0.3 is 5.97 Å². The van der Waals surface area contributed by atoms with Gasteiger partial charge in [-0.3, -0.25) is 4.79 Å². The summed E-state index contributed by atoms with van der Waals surface area (Å²) in [4.78, 5) is 17.9. The molecule has 2 aromatic rings. The number of benzene rings is 1. The van der Waals surface area contributed by atoms with E-state index in [-0.39, 0.29) is 29.6 Å². The zero-order valence-electron chi connectivity index (χ0n) is 17.3. The van der Waals surface area contributed by atoms with Crippen molar-refractivity contribution in [1.29, 1.82) is 0 Å². The Labute approximate surface area is 179 Å². The highest BCUT2D eigenvalue weighted by Crippen LogP contribution is 2.42. The first kappa shape index (κ1) is 21.9. The molecule has 1 aliphatic heterocycles. The van der Waals surface area contributed by atoms with E-state index in [0.29, 0.717) is 6.42 Å². The van der Waals surface area contributed by atoms with Gasteiger partial charge in [-0.1, -0.05) is 17.2 Å². The van der Waals surface area contributed by atoms with Crippen LogP contribution >= 0.6 is 10.5 Å². The summed E-state index contributed by atoms with van der Waals surface area (Å²) >= 11 is 0. The van der Waals surface area contributed by atoms with Crippen LogP contribution in [-0.2, 0) is 16.1 Å². The summed E-state index contributed by atoms with van der Waals surface area (Å²) < 4.78 is 7.18. The van der Waals surface area contributed by atoms with E-state index in [0.717, 1.165) is 31.7 Å². The highest BCUT2D eigenvalue weighted by atomic mass is 32.2. The minimum atomic E-state index is -0.226. The number of unbranched alkanes of at least 4 members (excludes halogenated alkanes) is 2. The number of ether oxygens (including phenoxy) is 1. The maximum absolute atomic E-state index is 11.5. The Hall–Kier alpha value is -2.83. The molecule has 0 amide bonds. The van der Waals surface area contributed by atoms with Crippen LogP contribution in [0.5, 0.6) is 0 Å². The molecule has 1 aromatic carbocycles. The van der Waals surface area contributed by atoms with Crippen molar-refractivity contribution >= 4 is 27.5 Å². The number of pyridine rings is 1. The molecule has 158 valence electrons. The molecule has 0 spiro atoms. The van der Waals surface area contributed by atoms with Crippen molar-refractivity contribution in [1.82, 2.24) is 0 Å². The van der Waals surface area contributed by atoms with Crippen molar-refractivity contribution in [2.75, 3.05) is 31.0 Å². The van der Waals surface area contributed by atoms with Gasteiger partial charge in [-0.15, -0.1) is 10.5 Å². The third-order valence-corrected chi connectivity index (χ3v) is 7.03. The molecule has 2 heterocycles. The second-order valence-electron chi connectivity index (χ2n) is 7.20. The number of rotatable bonds is 10. The molecule has 1 aromatic heterocycles. The van der Waals surface area contributed by atoms with Gasteiger partial charge < -0.3 is 9.64 Å². The van der Waals surface area contributed by atoms with Crippen LogP contribution in [0, 0.1) is 0 Å². The molecule has 7 nitrogen and oxygen atoms in total. The lowest BCUT2D eigenvalue weighted by atomic mass is 10.2. The average Bonchev–Trinajstić information content (AvgIpc) is 3.08. The Bertz CT molecular complexity index is 939. The van der Waals surface area contributed by atoms with Gasteiger partial charge in [0.25, 0.3) is 0 Å². The van der Waals surface area contributed by atoms with Crippen LogP contribution in [-0.4, -0.2) is 37.4 Å². The molecule has 1 unspecified atom stereocenters. The first-order chi connectivity index (χ1) is 14.7. The van der Waals surface area contributed by atoms with Crippen molar-refractivity contribution < 1.29 is 14.1 Å². The van der Waals surface area contributed by atoms with E-state index in [1.807, 2.05) is 0 Å². The van der Waals surface area contributed by atoms with Gasteiger partial charge in [0.05, 0.1) is 24.7 Å². The number of hydrogen-bond acceptors (Lipinski definition) is 4. The molecule has 0 aliphatic carbocycles. The summed E-state index contributed by atoms with van der Waals surface area (Å²) in [6.07, 6.45) is 7.46. The number of nitrogens with zero attached hydrogens (tertiary/aromatic N) is 5. The molecule has 0 saturated carbocycles. The van der Waals surface area contributed by atoms with Gasteiger partial charge in [0.1, 0.15) is 6.54 Å². The minimum absolute atomic E-state index is 0.118. The fraction of sp³-hybridized carbons (Fsp3) is 0.409. The number of carbonyl (C=O) groups is 1. The molecule has 0 fully saturated rings. The fourth-order valence-electron chi connectivity index (χ4n) is 3.36. The topological polar surface area (TPSA) is 82.2 Å². The monoisotopic (exact) mass is 426 g/mol. The number of fused-ring (bicyclic) bond motifs is 1. The highest BCUT2D eigenvalue weighted by Gasteiger charge is 2.18. The lowest BCUT2D eigenvalue weighted by Crippen LogP contribution is -2.32. The summed E-state index contributed by atoms with van der Waals surface area (Å²) in [6.45, 7) is 1.28. The molecule has 0 radical (unpaired) electrons. The molecule has 0 bridgehead atoms. The predicted molar refractivity (Wildman–Crippen MR) is 121 cm³/mol. The van der Waals surface area contributed by atoms with E-state index in [4.69, 9.17) is 10.3 Å². The fourth-order valence-corrected chi connectivity index (χ4v) is 5.49. The first-order valence-corrected chi connectivity index (χ1v) is 11.6. The number of carbonyl (C=O) groups excluding carboxylic acids is 1. The van der Waals surface area contributed by atoms with Crippen LogP contribution in [0.1, 0.15) is 31.2 Å². The van der Waals surface area contributed by atoms with Gasteiger partial charge in [0, 0.05) is 41.8 Å². The summed E-state index contributed by atoms with van der Waals surface area (Å²) in [5, 5.41) is 5.71. The Balaban J connectivity index is 1.40. The average molecular weight is 427 g/mol. The van der Waals surface area contributed by atoms with E-state index < -0.39 is 0 Å². The van der Waals surface area contributed by atoms with Gasteiger partial charge in [0.2, 0.25) is 0 Å². The SMILES string of the molecule is CN1C/S(=C\c2cc[n+](CCCCCC(=O)OCCN=[N+]=[N-])cc2)c2ccccc21. The van der Waals surface area contributed by atoms with E-state index in [2.05, 4.69) is 80.7 Å². The van der Waals surface area contributed by atoms with Gasteiger partial charge in [-0.2, -0.15) is 0 Å². The molecule has 30 heavy (non-hydrogen) atoms. The highest BCUT2D eigenvalue weighted by molar-refractivity contribution is 8.15. The number of aromatic nitrogens is 1. The maximum Gasteiger partial charge on any atom is 0.305 e. The maximum atomic E-state index is 11.5. The second-order valence-corrected chi connectivity index (χ2v) is 8.99. The molecule has 0 N–H and O–H groups in total. The van der Waals surface area contributed by atoms with E-state index in [1.54, 1.807) is 0 Å². The van der Waals surface area contributed by atoms with Crippen LogP contribution in [0.2, 0.25) is 0 Å². The largest absolute Gasteiger partial charge is 0.466 e. The molecule has 1 atom stereocenters. The molecular weight excluding hydrogens is 398 g/mol.